The normalized spacial score (nSPS) is 10.9. The fraction of sp³-hybridized carbons (Fsp3) is 0.512. The van der Waals surface area contributed by atoms with Crippen molar-refractivity contribution in [2.45, 2.75) is 79.1 Å². The Labute approximate surface area is 352 Å². The second-order valence-corrected chi connectivity index (χ2v) is 15.2. The minimum absolute atomic E-state index is 0.299. The van der Waals surface area contributed by atoms with Crippen molar-refractivity contribution in [3.63, 3.8) is 0 Å². The van der Waals surface area contributed by atoms with Crippen molar-refractivity contribution >= 4 is 43.0 Å². The molecule has 0 unspecified atom stereocenters. The lowest BCUT2D eigenvalue weighted by atomic mass is 10.1. The Balaban J connectivity index is 0.000000657. The number of carbonyl (C=O) groups excluding carboxylic acids is 3. The zero-order valence-corrected chi connectivity index (χ0v) is 36.6. The first-order valence-corrected chi connectivity index (χ1v) is 22.5. The van der Waals surface area contributed by atoms with Gasteiger partial charge in [-0.3, -0.25) is 9.46 Å². The van der Waals surface area contributed by atoms with Gasteiger partial charge in [-0.15, -0.1) is 0 Å². The van der Waals surface area contributed by atoms with Gasteiger partial charge in [0, 0.05) is 56.3 Å². The van der Waals surface area contributed by atoms with E-state index >= 15 is 0 Å². The van der Waals surface area contributed by atoms with Gasteiger partial charge in [-0.1, -0.05) is 108 Å². The standard InChI is InChI=1S/C27H33N7O3.C16H36N.H3O4P/c35-25(31-22-10-4-1-5-11-22)28-16-19-34(20-17-29-26(36)32-23-12-6-2-7-13-23)21-18-30-27(37)33-24-14-8-3-9-15-24;1-5-9-13-17(14-10-6-2,15-11-7-3)16-12-8-4;1-5(2,3)4/h1-15H,16-21H2,(H2,28,31,35)(H2,29,32,36)(H2,30,33,37);5-16H2,1-4H3;(H3,1,2,3,4)/q;+1;/p-1. The zero-order chi connectivity index (χ0) is 43.6. The summed E-state index contributed by atoms with van der Waals surface area (Å²) in [5.41, 5.74) is 2.12. The second-order valence-electron chi connectivity index (χ2n) is 14.2. The van der Waals surface area contributed by atoms with Crippen molar-refractivity contribution < 1.29 is 38.1 Å². The summed E-state index contributed by atoms with van der Waals surface area (Å²) < 4.78 is 10.2. The number of phosphoric acid groups is 1. The number of quaternary nitrogens is 1. The van der Waals surface area contributed by atoms with Crippen LogP contribution in [0.15, 0.2) is 91.0 Å². The van der Waals surface area contributed by atoms with E-state index in [2.05, 4.69) is 59.6 Å². The number of para-hydroxylation sites is 3. The van der Waals surface area contributed by atoms with E-state index in [-0.39, 0.29) is 18.1 Å². The Morgan fingerprint density at radius 3 is 0.983 bits per heavy atom. The fourth-order valence-electron chi connectivity index (χ4n) is 6.05. The molecule has 0 heterocycles. The van der Waals surface area contributed by atoms with Crippen LogP contribution < -0.4 is 36.8 Å². The number of nitrogens with zero attached hydrogens (tertiary/aromatic N) is 2. The molecule has 0 bridgehead atoms. The Morgan fingerprint density at radius 1 is 0.525 bits per heavy atom. The Hall–Kier alpha value is -4.50. The summed E-state index contributed by atoms with van der Waals surface area (Å²) in [6.07, 6.45) is 11.1. The molecule has 3 aromatic carbocycles. The van der Waals surface area contributed by atoms with Gasteiger partial charge >= 0.3 is 18.1 Å². The van der Waals surface area contributed by atoms with Crippen LogP contribution in [0, 0.1) is 0 Å². The van der Waals surface area contributed by atoms with Crippen LogP contribution in [0.2, 0.25) is 0 Å². The molecule has 3 aromatic rings. The lowest BCUT2D eigenvalue weighted by Crippen LogP contribution is -2.50. The van der Waals surface area contributed by atoms with Gasteiger partial charge < -0.3 is 51.1 Å². The van der Waals surface area contributed by atoms with Crippen molar-refractivity contribution in [1.29, 1.82) is 0 Å². The lowest BCUT2D eigenvalue weighted by Gasteiger charge is -2.39. The number of rotatable bonds is 24. The quantitative estimate of drug-likeness (QED) is 0.0341. The summed E-state index contributed by atoms with van der Waals surface area (Å²) in [6, 6.07) is 26.7. The van der Waals surface area contributed by atoms with Gasteiger partial charge in [0.05, 0.1) is 26.2 Å². The van der Waals surface area contributed by atoms with E-state index in [0.717, 1.165) is 0 Å². The van der Waals surface area contributed by atoms with Crippen LogP contribution in [-0.4, -0.2) is 103 Å². The van der Waals surface area contributed by atoms with Crippen LogP contribution in [0.1, 0.15) is 79.1 Å². The zero-order valence-electron chi connectivity index (χ0n) is 35.7. The van der Waals surface area contributed by atoms with E-state index in [4.69, 9.17) is 19.2 Å². The topological polar surface area (TPSA) is 207 Å². The Kier molecular flexibility index (Phi) is 28.8. The summed E-state index contributed by atoms with van der Waals surface area (Å²) in [7, 11) is -4.89. The van der Waals surface area contributed by atoms with Crippen LogP contribution in [0.25, 0.3) is 0 Å². The van der Waals surface area contributed by atoms with Crippen LogP contribution in [0.3, 0.4) is 0 Å². The summed E-state index contributed by atoms with van der Waals surface area (Å²) in [5.74, 6) is 0. The number of nitrogens with one attached hydrogen (secondary N) is 6. The van der Waals surface area contributed by atoms with E-state index in [9.17, 15) is 14.4 Å². The second kappa shape index (κ2) is 32.4. The van der Waals surface area contributed by atoms with Crippen LogP contribution in [-0.2, 0) is 4.57 Å². The summed E-state index contributed by atoms with van der Waals surface area (Å²) in [5, 5.41) is 16.8. The van der Waals surface area contributed by atoms with Crippen LogP contribution in [0.4, 0.5) is 31.4 Å². The molecule has 16 heteroatoms. The number of amides is 6. The molecule has 330 valence electrons. The molecule has 0 saturated heterocycles. The lowest BCUT2D eigenvalue weighted by molar-refractivity contribution is -0.929. The number of unbranched alkanes of at least 4 members (excludes halogenated alkanes) is 4. The molecule has 0 saturated carbocycles. The number of benzene rings is 3. The van der Waals surface area contributed by atoms with Crippen LogP contribution >= 0.6 is 7.82 Å². The molecule has 0 spiro atoms. The van der Waals surface area contributed by atoms with E-state index in [0.29, 0.717) is 56.3 Å². The van der Waals surface area contributed by atoms with E-state index in [1.165, 1.54) is 82.0 Å². The highest BCUT2D eigenvalue weighted by Crippen LogP contribution is 2.19. The maximum absolute atomic E-state index is 12.2. The molecule has 59 heavy (non-hydrogen) atoms. The van der Waals surface area contributed by atoms with Crippen molar-refractivity contribution in [2.75, 3.05) is 81.4 Å². The van der Waals surface area contributed by atoms with Crippen molar-refractivity contribution in [1.82, 2.24) is 20.9 Å². The Morgan fingerprint density at radius 2 is 0.763 bits per heavy atom. The molecule has 0 aliphatic heterocycles. The summed E-state index contributed by atoms with van der Waals surface area (Å²) in [4.78, 5) is 61.5. The first-order chi connectivity index (χ1) is 28.3. The largest absolute Gasteiger partial charge is 0.756 e. The van der Waals surface area contributed by atoms with Crippen molar-refractivity contribution in [3.8, 4) is 0 Å². The molecule has 0 atom stereocenters. The van der Waals surface area contributed by atoms with E-state index < -0.39 is 7.82 Å². The number of urea groups is 3. The third-order valence-corrected chi connectivity index (χ3v) is 9.18. The smallest absolute Gasteiger partial charge is 0.319 e. The van der Waals surface area contributed by atoms with Gasteiger partial charge in [-0.2, -0.15) is 0 Å². The van der Waals surface area contributed by atoms with E-state index in [1.54, 1.807) is 0 Å². The van der Waals surface area contributed by atoms with Crippen LogP contribution in [0.5, 0.6) is 0 Å². The van der Waals surface area contributed by atoms with Gasteiger partial charge in [0.1, 0.15) is 0 Å². The molecule has 0 fully saturated rings. The molecule has 0 aromatic heterocycles. The van der Waals surface area contributed by atoms with Gasteiger partial charge in [0.25, 0.3) is 7.82 Å². The molecule has 6 amide bonds. The van der Waals surface area contributed by atoms with Gasteiger partial charge in [-0.05, 0) is 62.1 Å². The number of carbonyl (C=O) groups is 3. The van der Waals surface area contributed by atoms with Gasteiger partial charge in [0.15, 0.2) is 0 Å². The maximum Gasteiger partial charge on any atom is 0.319 e. The molecular formula is C43H71N8O7P. The molecular weight excluding hydrogens is 771 g/mol. The number of hydrogen-bond acceptors (Lipinski definition) is 6. The predicted molar refractivity (Wildman–Crippen MR) is 238 cm³/mol. The minimum atomic E-state index is -4.89. The molecule has 3 rings (SSSR count). The van der Waals surface area contributed by atoms with Gasteiger partial charge in [-0.25, -0.2) is 14.4 Å². The summed E-state index contributed by atoms with van der Waals surface area (Å²) in [6.45, 7) is 17.8. The third-order valence-electron chi connectivity index (χ3n) is 9.18. The summed E-state index contributed by atoms with van der Waals surface area (Å²) >= 11 is 0. The highest BCUT2D eigenvalue weighted by Gasteiger charge is 2.24. The minimum Gasteiger partial charge on any atom is -0.756 e. The Bertz CT molecular complexity index is 1380. The maximum atomic E-state index is 12.2. The first-order valence-electron chi connectivity index (χ1n) is 21.0. The van der Waals surface area contributed by atoms with Crippen molar-refractivity contribution in [2.24, 2.45) is 0 Å². The molecule has 15 nitrogen and oxygen atoms in total. The number of hydrogen-bond donors (Lipinski definition) is 8. The fourth-order valence-corrected chi connectivity index (χ4v) is 6.05. The predicted octanol–water partition coefficient (Wildman–Crippen LogP) is 7.20. The highest BCUT2D eigenvalue weighted by molar-refractivity contribution is 7.43. The van der Waals surface area contributed by atoms with Gasteiger partial charge in [0.2, 0.25) is 0 Å². The first kappa shape index (κ1) is 52.5. The number of anilines is 3. The monoisotopic (exact) mass is 843 g/mol. The third kappa shape index (κ3) is 29.4. The average Bonchev–Trinajstić information content (AvgIpc) is 3.21. The molecule has 0 aliphatic rings. The van der Waals surface area contributed by atoms with E-state index in [1.807, 2.05) is 95.9 Å². The highest BCUT2D eigenvalue weighted by atomic mass is 31.2. The SMILES string of the molecule is CCCC[N+](CCCC)(CCCC)CCCC.O=C(NCCN(CCNC(=O)Nc1ccccc1)CCNC(=O)Nc1ccccc1)Nc1ccccc1.O=P([O-])(O)O. The van der Waals surface area contributed by atoms with Crippen molar-refractivity contribution in [3.05, 3.63) is 91.0 Å². The molecule has 0 aliphatic carbocycles. The molecule has 0 radical (unpaired) electrons. The average molecular weight is 843 g/mol. The molecule has 8 N–H and O–H groups in total.